The number of methoxy groups -OCH3 is 2. The molecule has 0 aliphatic heterocycles. The van der Waals surface area contributed by atoms with Crippen LogP contribution in [0.15, 0.2) is 65.1 Å². The van der Waals surface area contributed by atoms with Gasteiger partial charge in [0, 0.05) is 48.7 Å². The summed E-state index contributed by atoms with van der Waals surface area (Å²) in [4.78, 5) is 26.3. The van der Waals surface area contributed by atoms with Gasteiger partial charge in [0.2, 0.25) is 5.88 Å². The molecule has 0 atom stereocenters. The zero-order valence-corrected chi connectivity index (χ0v) is 21.5. The Morgan fingerprint density at radius 3 is 2.78 bits per heavy atom. The second kappa shape index (κ2) is 11.0. The molecule has 1 aliphatic rings. The zero-order chi connectivity index (χ0) is 25.8. The van der Waals surface area contributed by atoms with Crippen LogP contribution in [0, 0.1) is 0 Å². The number of rotatable bonds is 9. The van der Waals surface area contributed by atoms with Gasteiger partial charge in [0.15, 0.2) is 0 Å². The van der Waals surface area contributed by atoms with Crippen molar-refractivity contribution in [2.45, 2.75) is 13.3 Å². The standard InChI is InChI=1S/C30H32N4O3/c1-4-34(13-14-36-2)19-20-7-5-9-26-22(15-20)18-28(32-26)25-17-23-16-21(10-11-27(23)33-29(25)35)24-8-6-12-31-30(24)37-3/h5-6,8-12,15-18,32H,4,7,13-14,19H2,1-3H3,(H,33,35). The Kier molecular flexibility index (Phi) is 7.35. The van der Waals surface area contributed by atoms with Gasteiger partial charge in [-0.1, -0.05) is 30.7 Å². The second-order valence-corrected chi connectivity index (χ2v) is 9.20. The monoisotopic (exact) mass is 496 g/mol. The van der Waals surface area contributed by atoms with E-state index in [9.17, 15) is 4.79 Å². The van der Waals surface area contributed by atoms with Crippen LogP contribution in [0.2, 0.25) is 0 Å². The average molecular weight is 497 g/mol. The van der Waals surface area contributed by atoms with E-state index in [0.717, 1.165) is 71.6 Å². The van der Waals surface area contributed by atoms with Gasteiger partial charge in [0.05, 0.1) is 25.0 Å². The molecule has 3 aromatic heterocycles. The van der Waals surface area contributed by atoms with Crippen LogP contribution in [0.5, 0.6) is 5.88 Å². The molecule has 1 aliphatic carbocycles. The number of aromatic amines is 2. The maximum Gasteiger partial charge on any atom is 0.257 e. The van der Waals surface area contributed by atoms with E-state index in [4.69, 9.17) is 9.47 Å². The third kappa shape index (κ3) is 5.28. The molecule has 0 bridgehead atoms. The van der Waals surface area contributed by atoms with Gasteiger partial charge >= 0.3 is 0 Å². The summed E-state index contributed by atoms with van der Waals surface area (Å²) >= 11 is 0. The minimum absolute atomic E-state index is 0.125. The summed E-state index contributed by atoms with van der Waals surface area (Å²) in [7, 11) is 3.35. The Balaban J connectivity index is 1.50. The first-order valence-electron chi connectivity index (χ1n) is 12.6. The number of hydrogen-bond acceptors (Lipinski definition) is 5. The van der Waals surface area contributed by atoms with Crippen molar-refractivity contribution in [2.24, 2.45) is 0 Å². The van der Waals surface area contributed by atoms with Crippen LogP contribution in [0.1, 0.15) is 24.6 Å². The average Bonchev–Trinajstić information content (AvgIpc) is 3.22. The van der Waals surface area contributed by atoms with E-state index in [0.29, 0.717) is 11.4 Å². The summed E-state index contributed by atoms with van der Waals surface area (Å²) in [5.41, 5.74) is 7.38. The van der Waals surface area contributed by atoms with E-state index < -0.39 is 0 Å². The Bertz CT molecular complexity index is 1530. The summed E-state index contributed by atoms with van der Waals surface area (Å²) in [5, 5.41) is 0.936. The molecule has 3 heterocycles. The molecule has 0 unspecified atom stereocenters. The first-order chi connectivity index (χ1) is 18.1. The SMILES string of the molecule is CCN(CCOC)CC1=Cc2cc(-c3cc4cc(-c5cccnc5OC)ccc4[nH]c3=O)[nH]c2C=CC1. The fourth-order valence-corrected chi connectivity index (χ4v) is 4.81. The number of benzene rings is 1. The summed E-state index contributed by atoms with van der Waals surface area (Å²) in [6, 6.07) is 13.8. The lowest BCUT2D eigenvalue weighted by molar-refractivity contribution is 0.156. The van der Waals surface area contributed by atoms with Crippen LogP contribution in [-0.4, -0.2) is 60.3 Å². The van der Waals surface area contributed by atoms with Crippen molar-refractivity contribution in [1.29, 1.82) is 0 Å². The van der Waals surface area contributed by atoms with Crippen molar-refractivity contribution in [2.75, 3.05) is 40.5 Å². The highest BCUT2D eigenvalue weighted by Crippen LogP contribution is 2.31. The van der Waals surface area contributed by atoms with Crippen LogP contribution in [0.3, 0.4) is 0 Å². The zero-order valence-electron chi connectivity index (χ0n) is 21.5. The number of aromatic nitrogens is 3. The number of likely N-dealkylation sites (N-methyl/N-ethyl adjacent to an activating group) is 1. The molecule has 0 saturated heterocycles. The van der Waals surface area contributed by atoms with Crippen LogP contribution in [0.25, 0.3) is 45.4 Å². The van der Waals surface area contributed by atoms with Crippen LogP contribution in [0.4, 0.5) is 0 Å². The van der Waals surface area contributed by atoms with Gasteiger partial charge in [-0.25, -0.2) is 4.98 Å². The van der Waals surface area contributed by atoms with E-state index >= 15 is 0 Å². The Labute approximate surface area is 216 Å². The number of nitrogens with one attached hydrogen (secondary N) is 2. The van der Waals surface area contributed by atoms with Crippen LogP contribution >= 0.6 is 0 Å². The molecule has 2 N–H and O–H groups in total. The molecular formula is C30H32N4O3. The van der Waals surface area contributed by atoms with Crippen molar-refractivity contribution in [1.82, 2.24) is 19.9 Å². The lowest BCUT2D eigenvalue weighted by atomic mass is 10.0. The van der Waals surface area contributed by atoms with Gasteiger partial charge < -0.3 is 19.4 Å². The Morgan fingerprint density at radius 2 is 1.97 bits per heavy atom. The van der Waals surface area contributed by atoms with E-state index in [1.54, 1.807) is 20.4 Å². The van der Waals surface area contributed by atoms with Crippen LogP contribution < -0.4 is 10.3 Å². The maximum atomic E-state index is 13.1. The fraction of sp³-hybridized carbons (Fsp3) is 0.267. The molecule has 4 aromatic rings. The van der Waals surface area contributed by atoms with Crippen molar-refractivity contribution in [3.8, 4) is 28.3 Å². The maximum absolute atomic E-state index is 13.1. The predicted octanol–water partition coefficient (Wildman–Crippen LogP) is 5.36. The summed E-state index contributed by atoms with van der Waals surface area (Å²) in [5.74, 6) is 0.567. The number of nitrogens with zero attached hydrogens (tertiary/aromatic N) is 2. The topological polar surface area (TPSA) is 83.2 Å². The van der Waals surface area contributed by atoms with Crippen molar-refractivity contribution < 1.29 is 9.47 Å². The molecule has 0 fully saturated rings. The predicted molar refractivity (Wildman–Crippen MR) is 150 cm³/mol. The van der Waals surface area contributed by atoms with E-state index in [1.807, 2.05) is 30.3 Å². The Hall–Kier alpha value is -3.94. The molecule has 0 radical (unpaired) electrons. The molecule has 0 spiro atoms. The second-order valence-electron chi connectivity index (χ2n) is 9.20. The molecule has 1 aromatic carbocycles. The number of allylic oxidation sites excluding steroid dienone is 1. The smallest absolute Gasteiger partial charge is 0.257 e. The lowest BCUT2D eigenvalue weighted by Crippen LogP contribution is -2.29. The number of ether oxygens (including phenoxy) is 2. The van der Waals surface area contributed by atoms with Crippen LogP contribution in [-0.2, 0) is 4.74 Å². The van der Waals surface area contributed by atoms with Gasteiger partial charge in [-0.3, -0.25) is 9.69 Å². The molecule has 37 heavy (non-hydrogen) atoms. The minimum atomic E-state index is -0.125. The quantitative estimate of drug-likeness (QED) is 0.326. The first kappa shape index (κ1) is 24.7. The highest BCUT2D eigenvalue weighted by atomic mass is 16.5. The molecule has 7 nitrogen and oxygen atoms in total. The summed E-state index contributed by atoms with van der Waals surface area (Å²) in [6.07, 6.45) is 9.14. The lowest BCUT2D eigenvalue weighted by Gasteiger charge is -2.21. The molecular weight excluding hydrogens is 464 g/mol. The first-order valence-corrected chi connectivity index (χ1v) is 12.6. The van der Waals surface area contributed by atoms with E-state index in [2.05, 4.69) is 57.1 Å². The third-order valence-electron chi connectivity index (χ3n) is 6.80. The number of H-pyrrole nitrogens is 2. The normalized spacial score (nSPS) is 13.0. The number of pyridine rings is 2. The van der Waals surface area contributed by atoms with Crippen molar-refractivity contribution in [3.05, 3.63) is 81.9 Å². The van der Waals surface area contributed by atoms with Gasteiger partial charge in [0.1, 0.15) is 0 Å². The molecule has 5 rings (SSSR count). The number of hydrogen-bond donors (Lipinski definition) is 2. The molecule has 0 amide bonds. The molecule has 7 heteroatoms. The summed E-state index contributed by atoms with van der Waals surface area (Å²) in [6.45, 7) is 5.65. The fourth-order valence-electron chi connectivity index (χ4n) is 4.81. The highest BCUT2D eigenvalue weighted by molar-refractivity contribution is 5.88. The van der Waals surface area contributed by atoms with Crippen molar-refractivity contribution >= 4 is 23.1 Å². The van der Waals surface area contributed by atoms with Crippen molar-refractivity contribution in [3.63, 3.8) is 0 Å². The van der Waals surface area contributed by atoms with E-state index in [-0.39, 0.29) is 5.56 Å². The third-order valence-corrected chi connectivity index (χ3v) is 6.80. The van der Waals surface area contributed by atoms with Gasteiger partial charge in [0.25, 0.3) is 5.56 Å². The molecule has 0 saturated carbocycles. The van der Waals surface area contributed by atoms with Gasteiger partial charge in [-0.05, 0) is 66.4 Å². The molecule has 190 valence electrons. The largest absolute Gasteiger partial charge is 0.481 e. The Morgan fingerprint density at radius 1 is 1.08 bits per heavy atom. The minimum Gasteiger partial charge on any atom is -0.481 e. The number of fused-ring (bicyclic) bond motifs is 2. The summed E-state index contributed by atoms with van der Waals surface area (Å²) < 4.78 is 10.7. The van der Waals surface area contributed by atoms with Gasteiger partial charge in [-0.15, -0.1) is 0 Å². The highest BCUT2D eigenvalue weighted by Gasteiger charge is 2.15. The van der Waals surface area contributed by atoms with Gasteiger partial charge in [-0.2, -0.15) is 0 Å². The van der Waals surface area contributed by atoms with E-state index in [1.165, 1.54) is 5.57 Å².